The Kier molecular flexibility index (Phi) is 7.56. The molecule has 0 amide bonds. The van der Waals surface area contributed by atoms with Gasteiger partial charge >= 0.3 is 0 Å². The zero-order chi connectivity index (χ0) is 24.8. The van der Waals surface area contributed by atoms with E-state index in [1.165, 1.54) is 5.57 Å². The fraction of sp³-hybridized carbons (Fsp3) is 0.233. The minimum absolute atomic E-state index is 0.0628. The molecule has 2 aromatic rings. The molecule has 2 heterocycles. The molecule has 0 aliphatic carbocycles. The van der Waals surface area contributed by atoms with Crippen molar-refractivity contribution in [2.45, 2.75) is 40.0 Å². The summed E-state index contributed by atoms with van der Waals surface area (Å²) in [4.78, 5) is 22.1. The lowest BCUT2D eigenvalue weighted by atomic mass is 9.99. The van der Waals surface area contributed by atoms with Crippen molar-refractivity contribution >= 4 is 17.3 Å². The van der Waals surface area contributed by atoms with Crippen LogP contribution >= 0.6 is 0 Å². The molecule has 5 heteroatoms. The van der Waals surface area contributed by atoms with Gasteiger partial charge in [0.1, 0.15) is 11.4 Å². The Morgan fingerprint density at radius 3 is 2.51 bits per heavy atom. The van der Waals surface area contributed by atoms with E-state index in [1.54, 1.807) is 19.4 Å². The number of carbonyl (C=O) groups excluding carboxylic acids is 1. The van der Waals surface area contributed by atoms with E-state index < -0.39 is 0 Å². The maximum atomic E-state index is 12.8. The van der Waals surface area contributed by atoms with Crippen LogP contribution in [-0.4, -0.2) is 22.9 Å². The summed E-state index contributed by atoms with van der Waals surface area (Å²) in [6.07, 6.45) is 8.34. The van der Waals surface area contributed by atoms with Gasteiger partial charge in [-0.1, -0.05) is 44.0 Å². The first-order valence-corrected chi connectivity index (χ1v) is 12.0. The predicted molar refractivity (Wildman–Crippen MR) is 143 cm³/mol. The number of fused-ring (bicyclic) bond motifs is 1. The second-order valence-electron chi connectivity index (χ2n) is 8.57. The number of hydrogen-bond acceptors (Lipinski definition) is 5. The highest BCUT2D eigenvalue weighted by atomic mass is 16.5. The van der Waals surface area contributed by atoms with Crippen molar-refractivity contribution in [3.8, 4) is 28.1 Å². The number of nitrogens with zero attached hydrogens (tertiary/aromatic N) is 2. The van der Waals surface area contributed by atoms with Gasteiger partial charge in [0, 0.05) is 34.8 Å². The van der Waals surface area contributed by atoms with Gasteiger partial charge in [-0.15, -0.1) is 0 Å². The van der Waals surface area contributed by atoms with Crippen molar-refractivity contribution in [3.05, 3.63) is 89.8 Å². The smallest absolute Gasteiger partial charge is 0.186 e. The fourth-order valence-electron chi connectivity index (χ4n) is 4.25. The third-order valence-corrected chi connectivity index (χ3v) is 6.16. The Bertz CT molecular complexity index is 1330. The number of methoxy groups -OCH3 is 1. The van der Waals surface area contributed by atoms with Gasteiger partial charge in [-0.25, -0.2) is 4.98 Å². The minimum atomic E-state index is 0.0628. The van der Waals surface area contributed by atoms with E-state index in [2.05, 4.69) is 29.1 Å². The summed E-state index contributed by atoms with van der Waals surface area (Å²) in [6.45, 7) is 6.20. The van der Waals surface area contributed by atoms with Gasteiger partial charge in [0.15, 0.2) is 11.6 Å². The second kappa shape index (κ2) is 11.0. The summed E-state index contributed by atoms with van der Waals surface area (Å²) in [5, 5.41) is 3.41. The standard InChI is InChI=1S/C30H31N3O2/c1-5-8-21(6-2)18-28(34)25-15-12-23(17-20(25)3)33-30-29-26(9-7-16-31-30)27(19-32-29)22-10-13-24(35-4)14-11-22/h7,9-19H,5-6,8H2,1-4H3,(H,31,33)/b21-18+. The second-order valence-corrected chi connectivity index (χ2v) is 8.57. The van der Waals surface area contributed by atoms with E-state index in [4.69, 9.17) is 4.74 Å². The van der Waals surface area contributed by atoms with Gasteiger partial charge in [0.2, 0.25) is 0 Å². The summed E-state index contributed by atoms with van der Waals surface area (Å²) in [7, 11) is 1.66. The molecule has 1 N–H and O–H groups in total. The SMILES string of the molecule is CCC/C(=C/C(=O)c1ccc(Nc2ncccc3c(-c4ccc(OC)cc4)cnc2-3)cc1C)CC. The van der Waals surface area contributed by atoms with Crippen LogP contribution in [0.2, 0.25) is 0 Å². The monoisotopic (exact) mass is 465 g/mol. The number of nitrogens with one attached hydrogen (secondary N) is 1. The largest absolute Gasteiger partial charge is 0.497 e. The first-order valence-electron chi connectivity index (χ1n) is 12.0. The molecular weight excluding hydrogens is 434 g/mol. The number of aromatic nitrogens is 2. The molecule has 0 fully saturated rings. The zero-order valence-corrected chi connectivity index (χ0v) is 20.8. The highest BCUT2D eigenvalue weighted by Crippen LogP contribution is 2.37. The minimum Gasteiger partial charge on any atom is -0.497 e. The molecule has 2 aliphatic heterocycles. The van der Waals surface area contributed by atoms with Crippen molar-refractivity contribution in [1.29, 1.82) is 0 Å². The molecule has 0 atom stereocenters. The molecule has 0 radical (unpaired) electrons. The van der Waals surface area contributed by atoms with E-state index in [0.717, 1.165) is 64.2 Å². The summed E-state index contributed by atoms with van der Waals surface area (Å²) < 4.78 is 5.28. The van der Waals surface area contributed by atoms with Gasteiger partial charge in [0.25, 0.3) is 0 Å². The topological polar surface area (TPSA) is 64.1 Å². The fourth-order valence-corrected chi connectivity index (χ4v) is 4.25. The molecule has 0 saturated heterocycles. The van der Waals surface area contributed by atoms with Crippen molar-refractivity contribution in [3.63, 3.8) is 0 Å². The average Bonchev–Trinajstić information content (AvgIpc) is 3.19. The van der Waals surface area contributed by atoms with Crippen LogP contribution < -0.4 is 10.1 Å². The zero-order valence-electron chi connectivity index (χ0n) is 20.8. The summed E-state index contributed by atoms with van der Waals surface area (Å²) in [6, 6.07) is 17.7. The van der Waals surface area contributed by atoms with Gasteiger partial charge in [-0.05, 0) is 73.4 Å². The van der Waals surface area contributed by atoms with Crippen LogP contribution in [-0.2, 0) is 0 Å². The maximum absolute atomic E-state index is 12.8. The third kappa shape index (κ3) is 5.40. The van der Waals surface area contributed by atoms with Crippen molar-refractivity contribution < 1.29 is 9.53 Å². The van der Waals surface area contributed by atoms with Gasteiger partial charge in [0.05, 0.1) is 7.11 Å². The molecule has 178 valence electrons. The molecule has 0 unspecified atom stereocenters. The van der Waals surface area contributed by atoms with Crippen LogP contribution in [0.25, 0.3) is 22.4 Å². The van der Waals surface area contributed by atoms with Crippen LogP contribution in [0.4, 0.5) is 11.5 Å². The number of ether oxygens (including phenoxy) is 1. The molecule has 0 saturated carbocycles. The Morgan fingerprint density at radius 1 is 1.03 bits per heavy atom. The first-order chi connectivity index (χ1) is 17.0. The lowest BCUT2D eigenvalue weighted by Gasteiger charge is -2.10. The van der Waals surface area contributed by atoms with Crippen LogP contribution in [0.3, 0.4) is 0 Å². The molecule has 5 nitrogen and oxygen atoms in total. The molecule has 0 spiro atoms. The van der Waals surface area contributed by atoms with Gasteiger partial charge < -0.3 is 10.1 Å². The van der Waals surface area contributed by atoms with E-state index in [-0.39, 0.29) is 5.78 Å². The van der Waals surface area contributed by atoms with Crippen LogP contribution in [0, 0.1) is 6.92 Å². The Labute approximate surface area is 207 Å². The number of rotatable bonds is 9. The van der Waals surface area contributed by atoms with E-state index >= 15 is 0 Å². The average molecular weight is 466 g/mol. The van der Waals surface area contributed by atoms with Gasteiger partial charge in [-0.2, -0.15) is 0 Å². The maximum Gasteiger partial charge on any atom is 0.186 e. The summed E-state index contributed by atoms with van der Waals surface area (Å²) in [5.74, 6) is 1.54. The predicted octanol–water partition coefficient (Wildman–Crippen LogP) is 7.63. The molecule has 35 heavy (non-hydrogen) atoms. The van der Waals surface area contributed by atoms with Crippen molar-refractivity contribution in [2.24, 2.45) is 0 Å². The number of allylic oxidation sites excluding steroid dienone is 2. The lowest BCUT2D eigenvalue weighted by Crippen LogP contribution is -2.02. The summed E-state index contributed by atoms with van der Waals surface area (Å²) in [5.41, 5.74) is 7.59. The number of anilines is 2. The highest BCUT2D eigenvalue weighted by molar-refractivity contribution is 6.06. The van der Waals surface area contributed by atoms with Crippen LogP contribution in [0.5, 0.6) is 5.75 Å². The van der Waals surface area contributed by atoms with Crippen LogP contribution in [0.1, 0.15) is 49.0 Å². The number of aryl methyl sites for hydroxylation is 1. The molecule has 2 aliphatic rings. The van der Waals surface area contributed by atoms with Crippen LogP contribution in [0.15, 0.2) is 78.6 Å². The number of hydrogen-bond donors (Lipinski definition) is 1. The van der Waals surface area contributed by atoms with E-state index in [0.29, 0.717) is 5.82 Å². The Balaban J connectivity index is 1.60. The lowest BCUT2D eigenvalue weighted by molar-refractivity contribution is 0.104. The Morgan fingerprint density at radius 2 is 1.83 bits per heavy atom. The highest BCUT2D eigenvalue weighted by Gasteiger charge is 2.17. The van der Waals surface area contributed by atoms with E-state index in [9.17, 15) is 4.79 Å². The van der Waals surface area contributed by atoms with E-state index in [1.807, 2.05) is 67.7 Å². The Hall–Kier alpha value is -3.99. The molecule has 4 rings (SSSR count). The normalized spacial score (nSPS) is 11.5. The number of carbonyl (C=O) groups is 1. The number of ketones is 1. The number of benzene rings is 2. The molecular formula is C30H31N3O2. The molecule has 0 bridgehead atoms. The third-order valence-electron chi connectivity index (χ3n) is 6.16. The quantitative estimate of drug-likeness (QED) is 0.203. The summed E-state index contributed by atoms with van der Waals surface area (Å²) >= 11 is 0. The molecule has 2 aromatic carbocycles. The van der Waals surface area contributed by atoms with Crippen molar-refractivity contribution in [1.82, 2.24) is 9.97 Å². The van der Waals surface area contributed by atoms with Crippen molar-refractivity contribution in [2.75, 3.05) is 12.4 Å². The molecule has 0 aromatic heterocycles. The van der Waals surface area contributed by atoms with Gasteiger partial charge in [-0.3, -0.25) is 9.78 Å². The first kappa shape index (κ1) is 24.1.